The van der Waals surface area contributed by atoms with Gasteiger partial charge in [0, 0.05) is 6.92 Å². The van der Waals surface area contributed by atoms with Crippen molar-refractivity contribution >= 4 is 17.1 Å². The molecule has 0 atom stereocenters. The molecule has 0 radical (unpaired) electrons. The van der Waals surface area contributed by atoms with Gasteiger partial charge in [0.25, 0.3) is 0 Å². The summed E-state index contributed by atoms with van der Waals surface area (Å²) in [6.07, 6.45) is 5.30. The summed E-state index contributed by atoms with van der Waals surface area (Å²) in [7, 11) is 1.74. The van der Waals surface area contributed by atoms with Gasteiger partial charge in [-0.05, 0) is 59.9 Å². The van der Waals surface area contributed by atoms with Gasteiger partial charge in [0.15, 0.2) is 11.6 Å². The maximum Gasteiger partial charge on any atom is 0.180 e. The number of carbonyl (C=O) groups excluding carboxylic acids is 1. The predicted molar refractivity (Wildman–Crippen MR) is 141 cm³/mol. The number of unbranched alkanes of at least 4 members (excludes halogenated alkanes) is 1. The van der Waals surface area contributed by atoms with Crippen LogP contribution in [0.25, 0.3) is 16.4 Å². The molecule has 4 nitrogen and oxygen atoms in total. The average Bonchev–Trinajstić information content (AvgIpc) is 3.47. The van der Waals surface area contributed by atoms with Crippen LogP contribution in [0.2, 0.25) is 0 Å². The van der Waals surface area contributed by atoms with E-state index in [1.54, 1.807) is 25.4 Å². The maximum absolute atomic E-state index is 12.2. The number of aromatic nitrogens is 2. The van der Waals surface area contributed by atoms with Gasteiger partial charge in [-0.2, -0.15) is 0 Å². The number of benzene rings is 1. The van der Waals surface area contributed by atoms with Gasteiger partial charge in [-0.3, -0.25) is 9.36 Å². The second kappa shape index (κ2) is 12.7. The number of aryl methyl sites for hydroxylation is 1. The van der Waals surface area contributed by atoms with Crippen LogP contribution >= 0.6 is 11.3 Å². The molecule has 0 N–H and O–H groups in total. The molecular formula is C28H40N2O2S. The van der Waals surface area contributed by atoms with Crippen molar-refractivity contribution in [1.29, 1.82) is 0 Å². The van der Waals surface area contributed by atoms with Crippen LogP contribution in [-0.4, -0.2) is 22.4 Å². The van der Waals surface area contributed by atoms with Crippen LogP contribution in [0, 0.1) is 5.92 Å². The molecule has 33 heavy (non-hydrogen) atoms. The van der Waals surface area contributed by atoms with E-state index in [4.69, 9.17) is 9.72 Å². The predicted octanol–water partition coefficient (Wildman–Crippen LogP) is 7.94. The fourth-order valence-corrected chi connectivity index (χ4v) is 4.60. The minimum absolute atomic E-state index is 0.0286. The SMILES string of the molecule is CC.CCCC.COc1cc2c(cc1CC(C)C)-n1c(-c3cccs3)nc(C(C)=O)c1CC2. The van der Waals surface area contributed by atoms with Gasteiger partial charge >= 0.3 is 0 Å². The standard InChI is InChI=1S/C22H24N2O2S.C4H10.C2H6/c1-13(2)10-16-11-18-15(12-19(16)26-4)7-8-17-21(14(3)25)23-22(24(17)18)20-6-5-9-27-20;1-3-4-2;1-2/h5-6,9,11-13H,7-8,10H2,1-4H3;3-4H2,1-2H3;1-2H3. The summed E-state index contributed by atoms with van der Waals surface area (Å²) in [5.74, 6) is 2.38. The smallest absolute Gasteiger partial charge is 0.180 e. The van der Waals surface area contributed by atoms with Crippen LogP contribution in [0.1, 0.15) is 88.6 Å². The number of fused-ring (bicyclic) bond motifs is 3. The first-order valence-electron chi connectivity index (χ1n) is 12.3. The highest BCUT2D eigenvalue weighted by Crippen LogP contribution is 2.38. The van der Waals surface area contributed by atoms with Crippen molar-refractivity contribution in [1.82, 2.24) is 9.55 Å². The highest BCUT2D eigenvalue weighted by Gasteiger charge is 2.28. The van der Waals surface area contributed by atoms with Gasteiger partial charge in [-0.15, -0.1) is 11.3 Å². The third kappa shape index (κ3) is 6.14. The number of thiophene rings is 1. The number of ether oxygens (including phenoxy) is 1. The van der Waals surface area contributed by atoms with Gasteiger partial charge < -0.3 is 4.74 Å². The van der Waals surface area contributed by atoms with Crippen LogP contribution in [0.15, 0.2) is 29.6 Å². The topological polar surface area (TPSA) is 44.1 Å². The number of hydrogen-bond donors (Lipinski definition) is 0. The van der Waals surface area contributed by atoms with Gasteiger partial charge in [-0.25, -0.2) is 4.98 Å². The van der Waals surface area contributed by atoms with Crippen molar-refractivity contribution < 1.29 is 9.53 Å². The first-order chi connectivity index (χ1) is 15.9. The Hall–Kier alpha value is -2.40. The Bertz CT molecular complexity index is 1030. The lowest BCUT2D eigenvalue weighted by atomic mass is 9.94. The first-order valence-corrected chi connectivity index (χ1v) is 13.2. The van der Waals surface area contributed by atoms with Crippen molar-refractivity contribution in [3.63, 3.8) is 0 Å². The molecule has 0 unspecified atom stereocenters. The van der Waals surface area contributed by atoms with E-state index in [2.05, 4.69) is 50.5 Å². The van der Waals surface area contributed by atoms with Gasteiger partial charge in [0.1, 0.15) is 11.4 Å². The molecule has 1 aliphatic rings. The summed E-state index contributed by atoms with van der Waals surface area (Å²) in [6.45, 7) is 14.4. The van der Waals surface area contributed by atoms with Crippen LogP contribution < -0.4 is 4.74 Å². The van der Waals surface area contributed by atoms with Crippen LogP contribution in [0.4, 0.5) is 0 Å². The molecule has 1 aromatic carbocycles. The number of rotatable bonds is 6. The normalized spacial score (nSPS) is 11.5. The Balaban J connectivity index is 0.000000582. The monoisotopic (exact) mass is 468 g/mol. The zero-order valence-electron chi connectivity index (χ0n) is 21.6. The fourth-order valence-electron chi connectivity index (χ4n) is 3.90. The second-order valence-electron chi connectivity index (χ2n) is 8.49. The van der Waals surface area contributed by atoms with E-state index >= 15 is 0 Å². The molecule has 1 aliphatic heterocycles. The number of nitrogens with zero attached hydrogens (tertiary/aromatic N) is 2. The molecule has 0 aliphatic carbocycles. The first kappa shape index (κ1) is 26.8. The van der Waals surface area contributed by atoms with Crippen molar-refractivity contribution in [2.45, 2.75) is 80.6 Å². The summed E-state index contributed by atoms with van der Waals surface area (Å²) in [5, 5.41) is 2.05. The third-order valence-electron chi connectivity index (χ3n) is 5.53. The largest absolute Gasteiger partial charge is 0.496 e. The molecular weight excluding hydrogens is 428 g/mol. The molecule has 3 heterocycles. The van der Waals surface area contributed by atoms with Crippen LogP contribution in [0.3, 0.4) is 0 Å². The molecule has 0 amide bonds. The van der Waals surface area contributed by atoms with Gasteiger partial charge in [-0.1, -0.05) is 60.5 Å². The van der Waals surface area contributed by atoms with Crippen LogP contribution in [-0.2, 0) is 19.3 Å². The van der Waals surface area contributed by atoms with E-state index in [0.29, 0.717) is 11.6 Å². The molecule has 5 heteroatoms. The zero-order valence-corrected chi connectivity index (χ0v) is 22.4. The highest BCUT2D eigenvalue weighted by molar-refractivity contribution is 7.13. The number of hydrogen-bond acceptors (Lipinski definition) is 4. The minimum Gasteiger partial charge on any atom is -0.496 e. The zero-order chi connectivity index (χ0) is 24.5. The Kier molecular flexibility index (Phi) is 10.4. The Morgan fingerprint density at radius 3 is 2.39 bits per heavy atom. The summed E-state index contributed by atoms with van der Waals surface area (Å²) in [4.78, 5) is 18.1. The molecule has 2 aromatic heterocycles. The number of ketones is 1. The Morgan fingerprint density at radius 2 is 1.88 bits per heavy atom. The second-order valence-corrected chi connectivity index (χ2v) is 9.44. The van der Waals surface area contributed by atoms with E-state index in [1.807, 2.05) is 25.3 Å². The summed E-state index contributed by atoms with van der Waals surface area (Å²) in [5.41, 5.74) is 5.21. The lowest BCUT2D eigenvalue weighted by Crippen LogP contribution is -2.15. The summed E-state index contributed by atoms with van der Waals surface area (Å²) >= 11 is 1.65. The van der Waals surface area contributed by atoms with E-state index in [0.717, 1.165) is 47.1 Å². The quantitative estimate of drug-likeness (QED) is 0.345. The van der Waals surface area contributed by atoms with Crippen molar-refractivity contribution in [2.24, 2.45) is 5.92 Å². The molecule has 180 valence electrons. The summed E-state index contributed by atoms with van der Waals surface area (Å²) < 4.78 is 7.87. The molecule has 0 fully saturated rings. The lowest BCUT2D eigenvalue weighted by Gasteiger charge is -2.24. The van der Waals surface area contributed by atoms with Gasteiger partial charge in [0.2, 0.25) is 0 Å². The minimum atomic E-state index is 0.0286. The Morgan fingerprint density at radius 1 is 1.18 bits per heavy atom. The highest BCUT2D eigenvalue weighted by atomic mass is 32.1. The van der Waals surface area contributed by atoms with Crippen molar-refractivity contribution in [3.8, 4) is 22.1 Å². The molecule has 0 spiro atoms. The van der Waals surface area contributed by atoms with Crippen molar-refractivity contribution in [3.05, 3.63) is 52.2 Å². The number of carbonyl (C=O) groups is 1. The Labute approximate surface area is 204 Å². The van der Waals surface area contributed by atoms with Gasteiger partial charge in [0.05, 0.1) is 23.4 Å². The molecule has 0 saturated heterocycles. The fraction of sp³-hybridized carbons (Fsp3) is 0.500. The molecule has 0 bridgehead atoms. The average molecular weight is 469 g/mol. The number of imidazole rings is 1. The lowest BCUT2D eigenvalue weighted by molar-refractivity contribution is 0.101. The molecule has 3 aromatic rings. The summed E-state index contributed by atoms with van der Waals surface area (Å²) in [6, 6.07) is 8.50. The van der Waals surface area contributed by atoms with Crippen LogP contribution in [0.5, 0.6) is 5.75 Å². The third-order valence-corrected chi connectivity index (χ3v) is 6.40. The molecule has 4 rings (SSSR count). The van der Waals surface area contributed by atoms with E-state index in [-0.39, 0.29) is 5.78 Å². The maximum atomic E-state index is 12.2. The van der Waals surface area contributed by atoms with E-state index < -0.39 is 0 Å². The number of methoxy groups -OCH3 is 1. The van der Waals surface area contributed by atoms with E-state index in [1.165, 1.54) is 24.0 Å². The number of Topliss-reactive ketones (excluding diaryl/α,β-unsaturated/α-hetero) is 1. The molecule has 0 saturated carbocycles. The van der Waals surface area contributed by atoms with Crippen molar-refractivity contribution in [2.75, 3.05) is 7.11 Å². The van der Waals surface area contributed by atoms with E-state index in [9.17, 15) is 4.79 Å².